The molecule has 0 fully saturated rings. The number of benzene rings is 1. The highest BCUT2D eigenvalue weighted by Crippen LogP contribution is 2.26. The topological polar surface area (TPSA) is 38.5 Å². The van der Waals surface area contributed by atoms with Crippen LogP contribution in [0.5, 0.6) is 5.75 Å². The van der Waals surface area contributed by atoms with Gasteiger partial charge in [0.05, 0.1) is 12.1 Å². The van der Waals surface area contributed by atoms with Crippen molar-refractivity contribution in [3.05, 3.63) is 29.3 Å². The number of rotatable bonds is 3. The molecule has 0 saturated carbocycles. The third kappa shape index (κ3) is 2.27. The number of hydrogen-bond acceptors (Lipinski definition) is 3. The molecule has 0 atom stereocenters. The van der Waals surface area contributed by atoms with Gasteiger partial charge in [0.1, 0.15) is 5.75 Å². The van der Waals surface area contributed by atoms with Gasteiger partial charge in [-0.25, -0.2) is 0 Å². The van der Waals surface area contributed by atoms with E-state index in [2.05, 4.69) is 17.0 Å². The van der Waals surface area contributed by atoms with E-state index >= 15 is 0 Å². The van der Waals surface area contributed by atoms with Crippen LogP contribution in [0.15, 0.2) is 18.2 Å². The van der Waals surface area contributed by atoms with Crippen LogP contribution in [0.25, 0.3) is 0 Å². The summed E-state index contributed by atoms with van der Waals surface area (Å²) in [5.74, 6) is 0.908. The molecule has 3 nitrogen and oxygen atoms in total. The van der Waals surface area contributed by atoms with E-state index in [0.717, 1.165) is 18.8 Å². The van der Waals surface area contributed by atoms with Crippen LogP contribution in [-0.4, -0.2) is 23.5 Å². The fraction of sp³-hybridized carbons (Fsp3) is 0.364. The Labute approximate surface area is 94.8 Å². The van der Waals surface area contributed by atoms with E-state index in [0.29, 0.717) is 11.5 Å². The van der Waals surface area contributed by atoms with Crippen molar-refractivity contribution in [3.8, 4) is 5.75 Å². The summed E-state index contributed by atoms with van der Waals surface area (Å²) in [6.07, 6.45) is 0. The van der Waals surface area contributed by atoms with Gasteiger partial charge in [-0.15, -0.1) is 0 Å². The Kier molecular flexibility index (Phi) is 2.88. The predicted octanol–water partition coefficient (Wildman–Crippen LogP) is 1.30. The van der Waals surface area contributed by atoms with Gasteiger partial charge in [-0.05, 0) is 23.3 Å². The molecule has 0 spiro atoms. The number of ether oxygens (including phenoxy) is 1. The smallest absolute Gasteiger partial charge is 0.119 e. The van der Waals surface area contributed by atoms with Gasteiger partial charge in [0.2, 0.25) is 0 Å². The summed E-state index contributed by atoms with van der Waals surface area (Å²) in [4.78, 5) is 2.78. The van der Waals surface area contributed by atoms with E-state index in [-0.39, 0.29) is 0 Å². The predicted molar refractivity (Wildman–Crippen MR) is 63.9 cm³/mol. The summed E-state index contributed by atoms with van der Waals surface area (Å²) in [5.41, 5.74) is 8.18. The Morgan fingerprint density at radius 3 is 2.87 bits per heavy atom. The lowest BCUT2D eigenvalue weighted by Crippen LogP contribution is -2.28. The molecule has 1 aliphatic rings. The van der Waals surface area contributed by atoms with Gasteiger partial charge in [-0.2, -0.15) is 0 Å². The Balaban J connectivity index is 2.13. The normalized spacial score (nSPS) is 15.0. The standard InChI is InChI=1S/C11H14N2OS/c1-14-10-3-2-8-5-13(7-11(12)15)6-9(8)4-10/h2-4H,5-7H2,1H3,(H2,12,15). The fourth-order valence-electron chi connectivity index (χ4n) is 1.90. The molecule has 1 aromatic rings. The minimum Gasteiger partial charge on any atom is -0.497 e. The zero-order valence-corrected chi connectivity index (χ0v) is 9.51. The first kappa shape index (κ1) is 10.4. The minimum absolute atomic E-state index is 0.551. The highest BCUT2D eigenvalue weighted by atomic mass is 32.1. The van der Waals surface area contributed by atoms with E-state index in [1.165, 1.54) is 11.1 Å². The van der Waals surface area contributed by atoms with Crippen LogP contribution in [0, 0.1) is 0 Å². The molecule has 80 valence electrons. The summed E-state index contributed by atoms with van der Waals surface area (Å²) in [6, 6.07) is 6.17. The monoisotopic (exact) mass is 222 g/mol. The maximum Gasteiger partial charge on any atom is 0.119 e. The largest absolute Gasteiger partial charge is 0.497 e. The molecule has 2 N–H and O–H groups in total. The minimum atomic E-state index is 0.551. The van der Waals surface area contributed by atoms with E-state index in [1.54, 1.807) is 7.11 Å². The van der Waals surface area contributed by atoms with Gasteiger partial charge >= 0.3 is 0 Å². The van der Waals surface area contributed by atoms with Crippen LogP contribution in [0.2, 0.25) is 0 Å². The number of hydrogen-bond donors (Lipinski definition) is 1. The average Bonchev–Trinajstić information content (AvgIpc) is 2.57. The molecule has 0 aromatic heterocycles. The number of thiocarbonyl (C=S) groups is 1. The summed E-state index contributed by atoms with van der Waals surface area (Å²) < 4.78 is 5.19. The van der Waals surface area contributed by atoms with Gasteiger partial charge in [0.15, 0.2) is 0 Å². The number of methoxy groups -OCH3 is 1. The van der Waals surface area contributed by atoms with Crippen molar-refractivity contribution in [1.82, 2.24) is 4.90 Å². The quantitative estimate of drug-likeness (QED) is 0.782. The third-order valence-corrected chi connectivity index (χ3v) is 2.71. The second-order valence-corrected chi connectivity index (χ2v) is 4.27. The van der Waals surface area contributed by atoms with Gasteiger partial charge in [-0.3, -0.25) is 4.90 Å². The molecule has 15 heavy (non-hydrogen) atoms. The molecular formula is C11H14N2OS. The second-order valence-electron chi connectivity index (χ2n) is 3.75. The lowest BCUT2D eigenvalue weighted by atomic mass is 10.1. The van der Waals surface area contributed by atoms with Gasteiger partial charge < -0.3 is 10.5 Å². The zero-order valence-electron chi connectivity index (χ0n) is 8.69. The van der Waals surface area contributed by atoms with E-state index < -0.39 is 0 Å². The van der Waals surface area contributed by atoms with Crippen LogP contribution in [0.4, 0.5) is 0 Å². The van der Waals surface area contributed by atoms with Gasteiger partial charge in [-0.1, -0.05) is 18.3 Å². The summed E-state index contributed by atoms with van der Waals surface area (Å²) in [6.45, 7) is 2.52. The molecule has 0 bridgehead atoms. The van der Waals surface area contributed by atoms with E-state index in [4.69, 9.17) is 22.7 Å². The van der Waals surface area contributed by atoms with Crippen molar-refractivity contribution in [2.24, 2.45) is 5.73 Å². The Morgan fingerprint density at radius 2 is 2.20 bits per heavy atom. The first-order chi connectivity index (χ1) is 7.19. The molecule has 1 aromatic carbocycles. The molecule has 1 heterocycles. The Morgan fingerprint density at radius 1 is 1.47 bits per heavy atom. The van der Waals surface area contributed by atoms with Crippen LogP contribution in [0.3, 0.4) is 0 Å². The molecular weight excluding hydrogens is 208 g/mol. The molecule has 2 rings (SSSR count). The number of nitrogens with two attached hydrogens (primary N) is 1. The van der Waals surface area contributed by atoms with E-state index in [1.807, 2.05) is 6.07 Å². The first-order valence-corrected chi connectivity index (χ1v) is 5.26. The van der Waals surface area contributed by atoms with Crippen molar-refractivity contribution >= 4 is 17.2 Å². The molecule has 0 aliphatic carbocycles. The van der Waals surface area contributed by atoms with Crippen LogP contribution >= 0.6 is 12.2 Å². The van der Waals surface area contributed by atoms with Gasteiger partial charge in [0.25, 0.3) is 0 Å². The highest BCUT2D eigenvalue weighted by Gasteiger charge is 2.19. The second kappa shape index (κ2) is 4.16. The molecule has 1 aliphatic heterocycles. The van der Waals surface area contributed by atoms with Crippen LogP contribution in [0.1, 0.15) is 11.1 Å². The lowest BCUT2D eigenvalue weighted by Gasteiger charge is -2.12. The molecule has 0 amide bonds. The SMILES string of the molecule is COc1ccc2c(c1)CN(CC(N)=S)C2. The highest BCUT2D eigenvalue weighted by molar-refractivity contribution is 7.80. The van der Waals surface area contributed by atoms with Crippen LogP contribution < -0.4 is 10.5 Å². The third-order valence-electron chi connectivity index (χ3n) is 2.58. The lowest BCUT2D eigenvalue weighted by molar-refractivity contribution is 0.327. The average molecular weight is 222 g/mol. The Bertz CT molecular complexity index is 392. The van der Waals surface area contributed by atoms with Crippen molar-refractivity contribution < 1.29 is 4.74 Å². The van der Waals surface area contributed by atoms with Crippen molar-refractivity contribution in [3.63, 3.8) is 0 Å². The Hall–Kier alpha value is -1.13. The number of nitrogens with zero attached hydrogens (tertiary/aromatic N) is 1. The molecule has 4 heteroatoms. The summed E-state index contributed by atoms with van der Waals surface area (Å²) in [7, 11) is 1.68. The molecule has 0 radical (unpaired) electrons. The van der Waals surface area contributed by atoms with E-state index in [9.17, 15) is 0 Å². The van der Waals surface area contributed by atoms with Crippen LogP contribution in [-0.2, 0) is 13.1 Å². The maximum absolute atomic E-state index is 5.53. The number of fused-ring (bicyclic) bond motifs is 1. The summed E-state index contributed by atoms with van der Waals surface area (Å²) >= 11 is 4.90. The fourth-order valence-corrected chi connectivity index (χ4v) is 2.08. The maximum atomic E-state index is 5.53. The molecule has 0 unspecified atom stereocenters. The van der Waals surface area contributed by atoms with Crippen molar-refractivity contribution in [2.45, 2.75) is 13.1 Å². The van der Waals surface area contributed by atoms with Crippen molar-refractivity contribution in [2.75, 3.05) is 13.7 Å². The first-order valence-electron chi connectivity index (χ1n) is 4.85. The van der Waals surface area contributed by atoms with Gasteiger partial charge in [0, 0.05) is 19.6 Å². The molecule has 0 saturated heterocycles. The van der Waals surface area contributed by atoms with Crippen molar-refractivity contribution in [1.29, 1.82) is 0 Å². The summed E-state index contributed by atoms with van der Waals surface area (Å²) in [5, 5.41) is 0. The zero-order chi connectivity index (χ0) is 10.8.